The number of anilines is 1. The SMILES string of the molecule is COc1ccc(Cl)cc1NCCCC(C)=O. The fourth-order valence-corrected chi connectivity index (χ4v) is 1.55. The highest BCUT2D eigenvalue weighted by atomic mass is 35.5. The van der Waals surface area contributed by atoms with Crippen molar-refractivity contribution in [3.05, 3.63) is 23.2 Å². The molecule has 0 aliphatic rings. The van der Waals surface area contributed by atoms with E-state index < -0.39 is 0 Å². The Hall–Kier alpha value is -1.22. The molecule has 0 aliphatic carbocycles. The molecule has 0 atom stereocenters. The molecular formula is C12H16ClNO2. The van der Waals surface area contributed by atoms with Gasteiger partial charge in [-0.2, -0.15) is 0 Å². The van der Waals surface area contributed by atoms with Crippen molar-refractivity contribution in [2.45, 2.75) is 19.8 Å². The maximum atomic E-state index is 10.8. The number of hydrogen-bond donors (Lipinski definition) is 1. The molecule has 0 bridgehead atoms. The number of benzene rings is 1. The molecule has 0 aromatic heterocycles. The molecule has 0 aliphatic heterocycles. The molecule has 1 aromatic carbocycles. The van der Waals surface area contributed by atoms with Crippen molar-refractivity contribution in [1.82, 2.24) is 0 Å². The highest BCUT2D eigenvalue weighted by molar-refractivity contribution is 6.30. The summed E-state index contributed by atoms with van der Waals surface area (Å²) in [6, 6.07) is 5.41. The molecule has 1 rings (SSSR count). The fourth-order valence-electron chi connectivity index (χ4n) is 1.38. The van der Waals surface area contributed by atoms with Gasteiger partial charge in [-0.15, -0.1) is 0 Å². The Labute approximate surface area is 101 Å². The van der Waals surface area contributed by atoms with Gasteiger partial charge in [0.05, 0.1) is 12.8 Å². The van der Waals surface area contributed by atoms with Gasteiger partial charge in [-0.1, -0.05) is 11.6 Å². The lowest BCUT2D eigenvalue weighted by atomic mass is 10.2. The fraction of sp³-hybridized carbons (Fsp3) is 0.417. The molecular weight excluding hydrogens is 226 g/mol. The van der Waals surface area contributed by atoms with E-state index in [1.165, 1.54) is 0 Å². The van der Waals surface area contributed by atoms with E-state index >= 15 is 0 Å². The molecule has 3 nitrogen and oxygen atoms in total. The van der Waals surface area contributed by atoms with E-state index in [2.05, 4.69) is 5.32 Å². The topological polar surface area (TPSA) is 38.3 Å². The van der Waals surface area contributed by atoms with Gasteiger partial charge in [0.2, 0.25) is 0 Å². The second-order valence-corrected chi connectivity index (χ2v) is 4.01. The lowest BCUT2D eigenvalue weighted by Gasteiger charge is -2.10. The molecule has 0 heterocycles. The molecule has 4 heteroatoms. The van der Waals surface area contributed by atoms with E-state index in [4.69, 9.17) is 16.3 Å². The number of rotatable bonds is 6. The number of hydrogen-bond acceptors (Lipinski definition) is 3. The summed E-state index contributed by atoms with van der Waals surface area (Å²) in [6.07, 6.45) is 1.40. The van der Waals surface area contributed by atoms with Crippen LogP contribution in [-0.4, -0.2) is 19.4 Å². The Kier molecular flexibility index (Phi) is 5.12. The first-order valence-corrected chi connectivity index (χ1v) is 5.58. The Balaban J connectivity index is 2.51. The van der Waals surface area contributed by atoms with Crippen molar-refractivity contribution in [3.63, 3.8) is 0 Å². The van der Waals surface area contributed by atoms with Gasteiger partial charge in [-0.05, 0) is 31.5 Å². The van der Waals surface area contributed by atoms with Crippen LogP contribution in [0.5, 0.6) is 5.75 Å². The molecule has 1 aromatic rings. The monoisotopic (exact) mass is 241 g/mol. The lowest BCUT2D eigenvalue weighted by molar-refractivity contribution is -0.117. The number of nitrogens with one attached hydrogen (secondary N) is 1. The highest BCUT2D eigenvalue weighted by Crippen LogP contribution is 2.27. The third-order valence-electron chi connectivity index (χ3n) is 2.18. The summed E-state index contributed by atoms with van der Waals surface area (Å²) in [4.78, 5) is 10.8. The second kappa shape index (κ2) is 6.38. The quantitative estimate of drug-likeness (QED) is 0.778. The molecule has 16 heavy (non-hydrogen) atoms. The van der Waals surface area contributed by atoms with Gasteiger partial charge in [0, 0.05) is 18.0 Å². The van der Waals surface area contributed by atoms with Crippen molar-refractivity contribution in [3.8, 4) is 5.75 Å². The number of methoxy groups -OCH3 is 1. The summed E-state index contributed by atoms with van der Waals surface area (Å²) < 4.78 is 5.19. The van der Waals surface area contributed by atoms with Crippen molar-refractivity contribution >= 4 is 23.1 Å². The average Bonchev–Trinajstić information content (AvgIpc) is 2.24. The summed E-state index contributed by atoms with van der Waals surface area (Å²) in [5.41, 5.74) is 0.860. The zero-order chi connectivity index (χ0) is 12.0. The standard InChI is InChI=1S/C12H16ClNO2/c1-9(15)4-3-7-14-11-8-10(13)5-6-12(11)16-2/h5-6,8,14H,3-4,7H2,1-2H3. The Morgan fingerprint density at radius 3 is 2.88 bits per heavy atom. The van der Waals surface area contributed by atoms with Crippen LogP contribution in [0, 0.1) is 0 Å². The summed E-state index contributed by atoms with van der Waals surface area (Å²) in [6.45, 7) is 2.33. The molecule has 0 radical (unpaired) electrons. The zero-order valence-corrected chi connectivity index (χ0v) is 10.3. The van der Waals surface area contributed by atoms with E-state index in [0.717, 1.165) is 24.4 Å². The minimum atomic E-state index is 0.208. The summed E-state index contributed by atoms with van der Waals surface area (Å²) in [7, 11) is 1.62. The number of carbonyl (C=O) groups excluding carboxylic acids is 1. The van der Waals surface area contributed by atoms with Gasteiger partial charge in [0.1, 0.15) is 11.5 Å². The second-order valence-electron chi connectivity index (χ2n) is 3.58. The molecule has 0 unspecified atom stereocenters. The van der Waals surface area contributed by atoms with Gasteiger partial charge in [0.15, 0.2) is 0 Å². The van der Waals surface area contributed by atoms with Crippen LogP contribution in [0.15, 0.2) is 18.2 Å². The van der Waals surface area contributed by atoms with E-state index in [9.17, 15) is 4.79 Å². The minimum absolute atomic E-state index is 0.208. The Morgan fingerprint density at radius 1 is 1.50 bits per heavy atom. The Bertz CT molecular complexity index is 366. The first-order chi connectivity index (χ1) is 7.63. The van der Waals surface area contributed by atoms with Crippen LogP contribution in [-0.2, 0) is 4.79 Å². The number of ketones is 1. The van der Waals surface area contributed by atoms with Crippen LogP contribution in [0.4, 0.5) is 5.69 Å². The third-order valence-corrected chi connectivity index (χ3v) is 2.42. The van der Waals surface area contributed by atoms with Crippen LogP contribution < -0.4 is 10.1 Å². The summed E-state index contributed by atoms with van der Waals surface area (Å²) >= 11 is 5.89. The minimum Gasteiger partial charge on any atom is -0.495 e. The average molecular weight is 242 g/mol. The summed E-state index contributed by atoms with van der Waals surface area (Å²) in [5.74, 6) is 0.965. The zero-order valence-electron chi connectivity index (χ0n) is 9.55. The van der Waals surface area contributed by atoms with Crippen LogP contribution in [0.2, 0.25) is 5.02 Å². The number of ether oxygens (including phenoxy) is 1. The van der Waals surface area contributed by atoms with Crippen molar-refractivity contribution in [2.75, 3.05) is 19.0 Å². The van der Waals surface area contributed by atoms with Crippen molar-refractivity contribution < 1.29 is 9.53 Å². The molecule has 0 fully saturated rings. The van der Waals surface area contributed by atoms with Crippen LogP contribution in [0.3, 0.4) is 0 Å². The number of Topliss-reactive ketones (excluding diaryl/α,β-unsaturated/α-hetero) is 1. The van der Waals surface area contributed by atoms with Crippen molar-refractivity contribution in [2.24, 2.45) is 0 Å². The smallest absolute Gasteiger partial charge is 0.142 e. The molecule has 1 N–H and O–H groups in total. The first-order valence-electron chi connectivity index (χ1n) is 5.20. The predicted octanol–water partition coefficient (Wildman–Crippen LogP) is 3.13. The lowest BCUT2D eigenvalue weighted by Crippen LogP contribution is -2.04. The van der Waals surface area contributed by atoms with Crippen LogP contribution in [0.1, 0.15) is 19.8 Å². The maximum absolute atomic E-state index is 10.8. The number of halogens is 1. The molecule has 88 valence electrons. The van der Waals surface area contributed by atoms with Gasteiger partial charge in [-0.3, -0.25) is 0 Å². The van der Waals surface area contributed by atoms with Gasteiger partial charge >= 0.3 is 0 Å². The van der Waals surface area contributed by atoms with E-state index in [1.807, 2.05) is 12.1 Å². The van der Waals surface area contributed by atoms with E-state index in [1.54, 1.807) is 20.1 Å². The van der Waals surface area contributed by atoms with Gasteiger partial charge in [-0.25, -0.2) is 0 Å². The molecule has 0 saturated heterocycles. The molecule has 0 amide bonds. The normalized spacial score (nSPS) is 9.94. The summed E-state index contributed by atoms with van der Waals surface area (Å²) in [5, 5.41) is 3.86. The van der Waals surface area contributed by atoms with Gasteiger partial charge < -0.3 is 14.8 Å². The highest BCUT2D eigenvalue weighted by Gasteiger charge is 2.03. The maximum Gasteiger partial charge on any atom is 0.142 e. The van der Waals surface area contributed by atoms with E-state index in [0.29, 0.717) is 11.4 Å². The Morgan fingerprint density at radius 2 is 2.25 bits per heavy atom. The first kappa shape index (κ1) is 12.8. The van der Waals surface area contributed by atoms with Gasteiger partial charge in [0.25, 0.3) is 0 Å². The molecule has 0 spiro atoms. The van der Waals surface area contributed by atoms with E-state index in [-0.39, 0.29) is 5.78 Å². The predicted molar refractivity (Wildman–Crippen MR) is 66.4 cm³/mol. The van der Waals surface area contributed by atoms with Crippen LogP contribution in [0.25, 0.3) is 0 Å². The largest absolute Gasteiger partial charge is 0.495 e. The third kappa shape index (κ3) is 4.11. The number of carbonyl (C=O) groups is 1. The van der Waals surface area contributed by atoms with Crippen LogP contribution >= 0.6 is 11.6 Å². The van der Waals surface area contributed by atoms with Crippen molar-refractivity contribution in [1.29, 1.82) is 0 Å². The molecule has 0 saturated carbocycles.